The van der Waals surface area contributed by atoms with Crippen LogP contribution in [0.2, 0.25) is 0 Å². The van der Waals surface area contributed by atoms with Crippen molar-refractivity contribution < 1.29 is 9.59 Å². The minimum absolute atomic E-state index is 0.000454. The fourth-order valence-corrected chi connectivity index (χ4v) is 2.71. The van der Waals surface area contributed by atoms with Gasteiger partial charge in [0.15, 0.2) is 0 Å². The number of piperidine rings is 1. The molecule has 0 aliphatic carbocycles. The Labute approximate surface area is 132 Å². The fraction of sp³-hybridized carbons (Fsp3) is 0.529. The molecule has 2 rings (SSSR count). The molecule has 1 fully saturated rings. The number of rotatable bonds is 2. The van der Waals surface area contributed by atoms with Crippen LogP contribution in [0, 0.1) is 19.8 Å². The number of anilines is 1. The first-order valence-electron chi connectivity index (χ1n) is 7.73. The number of hydrogen-bond donors (Lipinski definition) is 1. The zero-order chi connectivity index (χ0) is 16.3. The molecule has 5 nitrogen and oxygen atoms in total. The van der Waals surface area contributed by atoms with Gasteiger partial charge in [-0.3, -0.25) is 4.79 Å². The quantitative estimate of drug-likeness (QED) is 0.913. The van der Waals surface area contributed by atoms with Crippen LogP contribution in [0.5, 0.6) is 0 Å². The van der Waals surface area contributed by atoms with Gasteiger partial charge >= 0.3 is 6.03 Å². The standard InChI is InChI=1S/C17H25N3O2/c1-12-7-8-15(10-13(12)2)18-16(21)14-6-5-9-20(11-14)17(22)19(3)4/h7-8,10,14H,5-6,9,11H2,1-4H3,(H,18,21). The van der Waals surface area contributed by atoms with E-state index in [1.165, 1.54) is 5.56 Å². The van der Waals surface area contributed by atoms with Crippen molar-refractivity contribution in [2.45, 2.75) is 26.7 Å². The first-order chi connectivity index (χ1) is 10.4. The minimum atomic E-state index is -0.140. The molecule has 1 unspecified atom stereocenters. The van der Waals surface area contributed by atoms with Crippen LogP contribution in [-0.2, 0) is 4.79 Å². The van der Waals surface area contributed by atoms with Gasteiger partial charge in [0.2, 0.25) is 5.91 Å². The molecule has 5 heteroatoms. The Morgan fingerprint density at radius 3 is 2.59 bits per heavy atom. The van der Waals surface area contributed by atoms with Crippen LogP contribution in [0.3, 0.4) is 0 Å². The molecule has 1 heterocycles. The number of amides is 3. The number of nitrogens with zero attached hydrogens (tertiary/aromatic N) is 2. The molecule has 0 radical (unpaired) electrons. The van der Waals surface area contributed by atoms with Crippen LogP contribution in [-0.4, -0.2) is 48.9 Å². The van der Waals surface area contributed by atoms with Gasteiger partial charge in [-0.25, -0.2) is 4.79 Å². The van der Waals surface area contributed by atoms with Crippen molar-refractivity contribution >= 4 is 17.6 Å². The first kappa shape index (κ1) is 16.3. The average Bonchev–Trinajstić information content (AvgIpc) is 2.50. The Morgan fingerprint density at radius 2 is 1.95 bits per heavy atom. The van der Waals surface area contributed by atoms with Crippen LogP contribution < -0.4 is 5.32 Å². The summed E-state index contributed by atoms with van der Waals surface area (Å²) in [5.74, 6) is -0.140. The van der Waals surface area contributed by atoms with Crippen LogP contribution in [0.4, 0.5) is 10.5 Å². The van der Waals surface area contributed by atoms with Gasteiger partial charge in [-0.15, -0.1) is 0 Å². The SMILES string of the molecule is Cc1ccc(NC(=O)C2CCCN(C(=O)N(C)C)C2)cc1C. The highest BCUT2D eigenvalue weighted by Gasteiger charge is 2.29. The third-order valence-corrected chi connectivity index (χ3v) is 4.22. The van der Waals surface area contributed by atoms with Gasteiger partial charge in [0, 0.05) is 32.9 Å². The number of aryl methyl sites for hydroxylation is 2. The second-order valence-corrected chi connectivity index (χ2v) is 6.25. The minimum Gasteiger partial charge on any atom is -0.331 e. The summed E-state index contributed by atoms with van der Waals surface area (Å²) in [4.78, 5) is 27.8. The molecule has 22 heavy (non-hydrogen) atoms. The fourth-order valence-electron chi connectivity index (χ4n) is 2.71. The monoisotopic (exact) mass is 303 g/mol. The third kappa shape index (κ3) is 3.78. The van der Waals surface area contributed by atoms with Gasteiger partial charge in [-0.05, 0) is 49.9 Å². The molecule has 0 bridgehead atoms. The van der Waals surface area contributed by atoms with Crippen LogP contribution in [0.15, 0.2) is 18.2 Å². The normalized spacial score (nSPS) is 18.0. The summed E-state index contributed by atoms with van der Waals surface area (Å²) in [6, 6.07) is 5.89. The van der Waals surface area contributed by atoms with Gasteiger partial charge < -0.3 is 15.1 Å². The van der Waals surface area contributed by atoms with Crippen LogP contribution >= 0.6 is 0 Å². The topological polar surface area (TPSA) is 52.7 Å². The molecule has 1 atom stereocenters. The molecular formula is C17H25N3O2. The molecule has 1 aliphatic heterocycles. The molecule has 3 amide bonds. The molecular weight excluding hydrogens is 278 g/mol. The van der Waals surface area contributed by atoms with E-state index < -0.39 is 0 Å². The summed E-state index contributed by atoms with van der Waals surface area (Å²) in [5.41, 5.74) is 3.19. The van der Waals surface area contributed by atoms with Gasteiger partial charge in [-0.2, -0.15) is 0 Å². The van der Waals surface area contributed by atoms with Crippen molar-refractivity contribution in [1.29, 1.82) is 0 Å². The van der Waals surface area contributed by atoms with E-state index >= 15 is 0 Å². The lowest BCUT2D eigenvalue weighted by Gasteiger charge is -2.33. The number of nitrogens with one attached hydrogen (secondary N) is 1. The summed E-state index contributed by atoms with van der Waals surface area (Å²) >= 11 is 0. The highest BCUT2D eigenvalue weighted by Crippen LogP contribution is 2.20. The second kappa shape index (κ2) is 6.81. The summed E-state index contributed by atoms with van der Waals surface area (Å²) in [7, 11) is 3.47. The maximum atomic E-state index is 12.4. The number of likely N-dealkylation sites (tertiary alicyclic amines) is 1. The Kier molecular flexibility index (Phi) is 5.06. The lowest BCUT2D eigenvalue weighted by atomic mass is 9.97. The number of benzene rings is 1. The smallest absolute Gasteiger partial charge is 0.319 e. The first-order valence-corrected chi connectivity index (χ1v) is 7.73. The number of carbonyl (C=O) groups is 2. The summed E-state index contributed by atoms with van der Waals surface area (Å²) in [6.07, 6.45) is 1.69. The van der Waals surface area contributed by atoms with Crippen molar-refractivity contribution in [3.63, 3.8) is 0 Å². The number of carbonyl (C=O) groups excluding carboxylic acids is 2. The molecule has 0 aromatic heterocycles. The van der Waals surface area contributed by atoms with Crippen molar-refractivity contribution in [1.82, 2.24) is 9.80 Å². The molecule has 0 spiro atoms. The maximum absolute atomic E-state index is 12.4. The van der Waals surface area contributed by atoms with Crippen molar-refractivity contribution in [2.75, 3.05) is 32.5 Å². The lowest BCUT2D eigenvalue weighted by Crippen LogP contribution is -2.47. The molecule has 1 aromatic rings. The van der Waals surface area contributed by atoms with Crippen LogP contribution in [0.25, 0.3) is 0 Å². The van der Waals surface area contributed by atoms with E-state index in [1.807, 2.05) is 32.0 Å². The number of urea groups is 1. The molecule has 1 aliphatic rings. The van der Waals surface area contributed by atoms with Gasteiger partial charge in [0.05, 0.1) is 5.92 Å². The zero-order valence-corrected chi connectivity index (χ0v) is 13.8. The summed E-state index contributed by atoms with van der Waals surface area (Å²) in [6.45, 7) is 5.30. The highest BCUT2D eigenvalue weighted by atomic mass is 16.2. The Balaban J connectivity index is 1.99. The van der Waals surface area contributed by atoms with Crippen molar-refractivity contribution in [3.05, 3.63) is 29.3 Å². The van der Waals surface area contributed by atoms with E-state index in [2.05, 4.69) is 5.32 Å². The summed E-state index contributed by atoms with van der Waals surface area (Å²) < 4.78 is 0. The second-order valence-electron chi connectivity index (χ2n) is 6.25. The third-order valence-electron chi connectivity index (χ3n) is 4.22. The van der Waals surface area contributed by atoms with E-state index in [4.69, 9.17) is 0 Å². The maximum Gasteiger partial charge on any atom is 0.319 e. The van der Waals surface area contributed by atoms with E-state index in [9.17, 15) is 9.59 Å². The van der Waals surface area contributed by atoms with E-state index in [1.54, 1.807) is 23.9 Å². The van der Waals surface area contributed by atoms with Gasteiger partial charge in [0.25, 0.3) is 0 Å². The Hall–Kier alpha value is -2.04. The molecule has 0 saturated carbocycles. The predicted octanol–water partition coefficient (Wildman–Crippen LogP) is 2.64. The van der Waals surface area contributed by atoms with Crippen LogP contribution in [0.1, 0.15) is 24.0 Å². The molecule has 1 N–H and O–H groups in total. The van der Waals surface area contributed by atoms with E-state index in [-0.39, 0.29) is 17.9 Å². The number of hydrogen-bond acceptors (Lipinski definition) is 2. The van der Waals surface area contributed by atoms with Crippen molar-refractivity contribution in [3.8, 4) is 0 Å². The highest BCUT2D eigenvalue weighted by molar-refractivity contribution is 5.93. The largest absolute Gasteiger partial charge is 0.331 e. The zero-order valence-electron chi connectivity index (χ0n) is 13.8. The summed E-state index contributed by atoms with van der Waals surface area (Å²) in [5, 5.41) is 2.98. The van der Waals surface area contributed by atoms with Gasteiger partial charge in [0.1, 0.15) is 0 Å². The molecule has 1 saturated heterocycles. The molecule has 1 aromatic carbocycles. The van der Waals surface area contributed by atoms with E-state index in [0.717, 1.165) is 30.6 Å². The van der Waals surface area contributed by atoms with Gasteiger partial charge in [-0.1, -0.05) is 6.07 Å². The van der Waals surface area contributed by atoms with Crippen molar-refractivity contribution in [2.24, 2.45) is 5.92 Å². The Morgan fingerprint density at radius 1 is 1.23 bits per heavy atom. The molecule has 120 valence electrons. The predicted molar refractivity (Wildman–Crippen MR) is 87.9 cm³/mol. The Bertz CT molecular complexity index is 569. The average molecular weight is 303 g/mol. The lowest BCUT2D eigenvalue weighted by molar-refractivity contribution is -0.121. The van der Waals surface area contributed by atoms with E-state index in [0.29, 0.717) is 6.54 Å².